The number of aromatic nitrogens is 1. The highest BCUT2D eigenvalue weighted by Gasteiger charge is 2.16. The molecule has 0 saturated carbocycles. The number of primary amides is 1. The van der Waals surface area contributed by atoms with Crippen molar-refractivity contribution < 1.29 is 4.79 Å². The molecule has 1 aromatic heterocycles. The molecule has 1 amide bonds. The molecule has 0 saturated heterocycles. The molecule has 9 heteroatoms. The highest BCUT2D eigenvalue weighted by atomic mass is 35.5. The van der Waals surface area contributed by atoms with Crippen LogP contribution in [0.1, 0.15) is 5.01 Å². The predicted octanol–water partition coefficient (Wildman–Crippen LogP) is 4.56. The molecular weight excluding hydrogens is 391 g/mol. The molecule has 122 valence electrons. The maximum absolute atomic E-state index is 11.7. The van der Waals surface area contributed by atoms with Gasteiger partial charge in [0, 0.05) is 0 Å². The third kappa shape index (κ3) is 3.47. The Hall–Kier alpha value is -1.86. The first-order valence-electron chi connectivity index (χ1n) is 6.59. The summed E-state index contributed by atoms with van der Waals surface area (Å²) in [5.74, 6) is -0.710. The molecule has 0 unspecified atom stereocenters. The van der Waals surface area contributed by atoms with E-state index >= 15 is 0 Å². The van der Waals surface area contributed by atoms with Gasteiger partial charge in [0.1, 0.15) is 0 Å². The number of para-hydroxylation sites is 1. The normalized spacial score (nSPS) is 11.7. The minimum atomic E-state index is -0.710. The van der Waals surface area contributed by atoms with Crippen molar-refractivity contribution in [1.29, 1.82) is 0 Å². The van der Waals surface area contributed by atoms with E-state index < -0.39 is 5.91 Å². The molecule has 0 aliphatic rings. The van der Waals surface area contributed by atoms with Gasteiger partial charge in [0.2, 0.25) is 0 Å². The van der Waals surface area contributed by atoms with Gasteiger partial charge >= 0.3 is 0 Å². The Kier molecular flexibility index (Phi) is 4.91. The number of nitrogens with one attached hydrogen (secondary N) is 1. The summed E-state index contributed by atoms with van der Waals surface area (Å²) in [4.78, 5) is 16.1. The second-order valence-corrected chi connectivity index (χ2v) is 6.92. The molecule has 5 nitrogen and oxygen atoms in total. The summed E-state index contributed by atoms with van der Waals surface area (Å²) in [5, 5.41) is 5.38. The van der Waals surface area contributed by atoms with E-state index in [0.717, 1.165) is 10.2 Å². The van der Waals surface area contributed by atoms with E-state index in [9.17, 15) is 4.79 Å². The first kappa shape index (κ1) is 17.0. The van der Waals surface area contributed by atoms with Gasteiger partial charge in [-0.25, -0.2) is 4.98 Å². The molecular formula is C15H9Cl3N4OS. The Morgan fingerprint density at radius 1 is 1.12 bits per heavy atom. The minimum absolute atomic E-state index is 0.00154. The molecule has 0 fully saturated rings. The van der Waals surface area contributed by atoms with Gasteiger partial charge in [0.15, 0.2) is 10.7 Å². The van der Waals surface area contributed by atoms with Crippen LogP contribution in [0.5, 0.6) is 0 Å². The largest absolute Gasteiger partial charge is 0.364 e. The van der Waals surface area contributed by atoms with Crippen LogP contribution in [-0.4, -0.2) is 16.6 Å². The summed E-state index contributed by atoms with van der Waals surface area (Å²) in [6, 6.07) is 10.5. The van der Waals surface area contributed by atoms with Crippen molar-refractivity contribution in [2.45, 2.75) is 0 Å². The van der Waals surface area contributed by atoms with Crippen LogP contribution in [0.2, 0.25) is 15.1 Å². The summed E-state index contributed by atoms with van der Waals surface area (Å²) in [5.41, 5.74) is 9.26. The number of hydrazone groups is 1. The Morgan fingerprint density at radius 3 is 2.54 bits per heavy atom. The molecule has 0 aliphatic carbocycles. The molecule has 0 spiro atoms. The third-order valence-corrected chi connectivity index (χ3v) is 5.11. The lowest BCUT2D eigenvalue weighted by molar-refractivity contribution is -0.111. The van der Waals surface area contributed by atoms with Gasteiger partial charge < -0.3 is 5.73 Å². The first-order valence-corrected chi connectivity index (χ1v) is 8.54. The monoisotopic (exact) mass is 398 g/mol. The maximum Gasteiger partial charge on any atom is 0.272 e. The van der Waals surface area contributed by atoms with Gasteiger partial charge in [-0.2, -0.15) is 5.10 Å². The molecule has 0 atom stereocenters. The lowest BCUT2D eigenvalue weighted by Gasteiger charge is -2.06. The zero-order valence-corrected chi connectivity index (χ0v) is 15.0. The van der Waals surface area contributed by atoms with Crippen LogP contribution >= 0.6 is 46.1 Å². The zero-order chi connectivity index (χ0) is 17.3. The zero-order valence-electron chi connectivity index (χ0n) is 11.9. The number of rotatable bonds is 4. The number of nitrogens with two attached hydrogens (primary N) is 1. The molecule has 1 heterocycles. The molecule has 3 aromatic rings. The van der Waals surface area contributed by atoms with E-state index in [4.69, 9.17) is 40.5 Å². The van der Waals surface area contributed by atoms with Crippen molar-refractivity contribution in [1.82, 2.24) is 4.98 Å². The maximum atomic E-state index is 11.7. The summed E-state index contributed by atoms with van der Waals surface area (Å²) in [6.45, 7) is 0. The lowest BCUT2D eigenvalue weighted by atomic mass is 10.3. The van der Waals surface area contributed by atoms with E-state index in [1.807, 2.05) is 24.3 Å². The highest BCUT2D eigenvalue weighted by Crippen LogP contribution is 2.32. The summed E-state index contributed by atoms with van der Waals surface area (Å²) in [6.07, 6.45) is 0. The van der Waals surface area contributed by atoms with E-state index in [1.54, 1.807) is 0 Å². The number of benzene rings is 2. The Labute approximate surface area is 156 Å². The van der Waals surface area contributed by atoms with Crippen LogP contribution in [0, 0.1) is 0 Å². The average Bonchev–Trinajstić information content (AvgIpc) is 2.95. The second-order valence-electron chi connectivity index (χ2n) is 4.67. The molecule has 0 bridgehead atoms. The smallest absolute Gasteiger partial charge is 0.272 e. The van der Waals surface area contributed by atoms with E-state index in [1.165, 1.54) is 23.5 Å². The molecule has 24 heavy (non-hydrogen) atoms. The number of carbonyl (C=O) groups is 1. The number of nitrogens with zero attached hydrogens (tertiary/aromatic N) is 2. The quantitative estimate of drug-likeness (QED) is 0.383. The second kappa shape index (κ2) is 6.94. The summed E-state index contributed by atoms with van der Waals surface area (Å²) >= 11 is 19.2. The molecule has 0 aliphatic heterocycles. The average molecular weight is 400 g/mol. The van der Waals surface area contributed by atoms with Gasteiger partial charge in [0.05, 0.1) is 31.0 Å². The number of fused-ring (bicyclic) bond motifs is 1. The minimum Gasteiger partial charge on any atom is -0.364 e. The van der Waals surface area contributed by atoms with Crippen LogP contribution in [0.4, 0.5) is 5.69 Å². The van der Waals surface area contributed by atoms with Gasteiger partial charge in [-0.05, 0) is 24.3 Å². The van der Waals surface area contributed by atoms with Gasteiger partial charge in [-0.1, -0.05) is 46.9 Å². The van der Waals surface area contributed by atoms with Crippen molar-refractivity contribution in [3.05, 3.63) is 56.5 Å². The lowest BCUT2D eigenvalue weighted by Crippen LogP contribution is -2.25. The van der Waals surface area contributed by atoms with Crippen LogP contribution in [-0.2, 0) is 4.79 Å². The highest BCUT2D eigenvalue weighted by molar-refractivity contribution is 7.21. The van der Waals surface area contributed by atoms with Crippen molar-refractivity contribution in [3.8, 4) is 0 Å². The number of halogens is 3. The Bertz CT molecular complexity index is 938. The number of amides is 1. The number of carbonyl (C=O) groups excluding carboxylic acids is 1. The van der Waals surface area contributed by atoms with Crippen LogP contribution in [0.3, 0.4) is 0 Å². The topological polar surface area (TPSA) is 80.4 Å². The predicted molar refractivity (Wildman–Crippen MR) is 100 cm³/mol. The Morgan fingerprint density at radius 2 is 1.83 bits per heavy atom. The van der Waals surface area contributed by atoms with Crippen molar-refractivity contribution in [3.63, 3.8) is 0 Å². The molecule has 0 radical (unpaired) electrons. The molecule has 2 aromatic carbocycles. The fourth-order valence-corrected chi connectivity index (χ4v) is 3.46. The summed E-state index contributed by atoms with van der Waals surface area (Å²) < 4.78 is 0.925. The number of hydrogen-bond donors (Lipinski definition) is 2. The van der Waals surface area contributed by atoms with Crippen LogP contribution in [0.25, 0.3) is 10.2 Å². The van der Waals surface area contributed by atoms with E-state index in [2.05, 4.69) is 15.5 Å². The Balaban J connectivity index is 1.98. The standard InChI is InChI=1S/C15H9Cl3N4OS/c16-7-5-9(18)11(6-8(7)17)21-22-13(14(19)23)15-20-10-3-1-2-4-12(10)24-15/h1-6,21H,(H2,19,23)/b22-13-. The van der Waals surface area contributed by atoms with Crippen molar-refractivity contribution in [2.24, 2.45) is 10.8 Å². The molecule has 3 rings (SSSR count). The molecule has 3 N–H and O–H groups in total. The fourth-order valence-electron chi connectivity index (χ4n) is 1.91. The van der Waals surface area contributed by atoms with Crippen molar-refractivity contribution in [2.75, 3.05) is 5.43 Å². The first-order chi connectivity index (χ1) is 11.5. The van der Waals surface area contributed by atoms with Gasteiger partial charge in [-0.3, -0.25) is 10.2 Å². The number of hydrogen-bond acceptors (Lipinski definition) is 5. The van der Waals surface area contributed by atoms with Gasteiger partial charge in [0.25, 0.3) is 5.91 Å². The van der Waals surface area contributed by atoms with Crippen LogP contribution < -0.4 is 11.2 Å². The third-order valence-electron chi connectivity index (χ3n) is 3.03. The fraction of sp³-hybridized carbons (Fsp3) is 0. The van der Waals surface area contributed by atoms with Gasteiger partial charge in [-0.15, -0.1) is 11.3 Å². The van der Waals surface area contributed by atoms with E-state index in [0.29, 0.717) is 25.8 Å². The number of thiazole rings is 1. The van der Waals surface area contributed by atoms with Crippen LogP contribution in [0.15, 0.2) is 41.5 Å². The summed E-state index contributed by atoms with van der Waals surface area (Å²) in [7, 11) is 0. The number of anilines is 1. The SMILES string of the molecule is NC(=O)/C(=N/Nc1cc(Cl)c(Cl)cc1Cl)c1nc2ccccc2s1. The van der Waals surface area contributed by atoms with Crippen molar-refractivity contribution >= 4 is 73.7 Å². The van der Waals surface area contributed by atoms with E-state index in [-0.39, 0.29) is 5.71 Å².